The van der Waals surface area contributed by atoms with Gasteiger partial charge in [-0.1, -0.05) is 25.3 Å². The fourth-order valence-corrected chi connectivity index (χ4v) is 5.75. The van der Waals surface area contributed by atoms with Crippen molar-refractivity contribution < 1.29 is 19.1 Å². The van der Waals surface area contributed by atoms with Gasteiger partial charge in [-0.3, -0.25) is 4.79 Å². The first-order valence-corrected chi connectivity index (χ1v) is 12.8. The van der Waals surface area contributed by atoms with E-state index in [4.69, 9.17) is 15.2 Å². The van der Waals surface area contributed by atoms with E-state index in [0.717, 1.165) is 43.5 Å². The van der Waals surface area contributed by atoms with Crippen LogP contribution >= 0.6 is 0 Å². The Morgan fingerprint density at radius 1 is 1.11 bits per heavy atom. The van der Waals surface area contributed by atoms with Crippen LogP contribution in [0.25, 0.3) is 0 Å². The van der Waals surface area contributed by atoms with Gasteiger partial charge in [0.2, 0.25) is 5.91 Å². The second-order valence-corrected chi connectivity index (χ2v) is 11.7. The second-order valence-electron chi connectivity index (χ2n) is 11.7. The van der Waals surface area contributed by atoms with Crippen molar-refractivity contribution in [1.82, 2.24) is 9.88 Å². The van der Waals surface area contributed by atoms with Crippen molar-refractivity contribution in [2.45, 2.75) is 96.1 Å². The van der Waals surface area contributed by atoms with Gasteiger partial charge < -0.3 is 25.0 Å². The van der Waals surface area contributed by atoms with Crippen molar-refractivity contribution in [2.75, 3.05) is 26.1 Å². The van der Waals surface area contributed by atoms with Crippen molar-refractivity contribution in [3.63, 3.8) is 0 Å². The fraction of sp³-hybridized carbons (Fsp3) is 0.741. The molecule has 2 N–H and O–H groups in total. The number of esters is 1. The zero-order valence-corrected chi connectivity index (χ0v) is 22.7. The van der Waals surface area contributed by atoms with Crippen molar-refractivity contribution in [1.29, 1.82) is 0 Å². The van der Waals surface area contributed by atoms with Crippen LogP contribution in [0.15, 0.2) is 18.3 Å². The highest BCUT2D eigenvalue weighted by Gasteiger charge is 2.60. The summed E-state index contributed by atoms with van der Waals surface area (Å²) in [6.45, 7) is 9.37. The SMILES string of the molecule is COC(C)(C)[C@H]1[C@H](N)[C@H](c2cccnc2N(C)C)N(C(=O)C2CCCCC2)[C@@H]1C(=O)OC(C)(C)C. The number of hydrogen-bond donors (Lipinski definition) is 1. The summed E-state index contributed by atoms with van der Waals surface area (Å²) in [5.41, 5.74) is 6.36. The highest BCUT2D eigenvalue weighted by molar-refractivity contribution is 5.88. The summed E-state index contributed by atoms with van der Waals surface area (Å²) in [6.07, 6.45) is 6.54. The Bertz CT molecular complexity index is 905. The molecule has 0 bridgehead atoms. The standard InChI is InChI=1S/C27H44N4O4/c1-26(2,3)35-25(33)22-19(27(4,5)34-8)20(28)21(18-15-12-16-29-23(18)30(6)7)31(22)24(32)17-13-10-9-11-14-17/h12,15-17,19-22H,9-11,13-14,28H2,1-8H3/t19-,20-,21-,22-/m0/s1. The first-order valence-electron chi connectivity index (χ1n) is 12.8. The summed E-state index contributed by atoms with van der Waals surface area (Å²) in [6, 6.07) is 1.86. The first-order chi connectivity index (χ1) is 16.3. The number of pyridine rings is 1. The average Bonchev–Trinajstić information content (AvgIpc) is 3.11. The van der Waals surface area contributed by atoms with Gasteiger partial charge in [-0.15, -0.1) is 0 Å². The Labute approximate surface area is 210 Å². The molecule has 1 amide bonds. The summed E-state index contributed by atoms with van der Waals surface area (Å²) in [5.74, 6) is -0.343. The zero-order valence-electron chi connectivity index (χ0n) is 22.7. The van der Waals surface area contributed by atoms with E-state index in [-0.39, 0.29) is 11.8 Å². The number of amides is 1. The van der Waals surface area contributed by atoms with Gasteiger partial charge >= 0.3 is 5.97 Å². The van der Waals surface area contributed by atoms with Crippen LogP contribution in [-0.4, -0.2) is 66.3 Å². The molecule has 0 unspecified atom stereocenters. The number of ether oxygens (including phenoxy) is 2. The van der Waals surface area contributed by atoms with Crippen molar-refractivity contribution in [3.8, 4) is 0 Å². The Morgan fingerprint density at radius 2 is 1.74 bits per heavy atom. The maximum Gasteiger partial charge on any atom is 0.329 e. The smallest absolute Gasteiger partial charge is 0.329 e. The molecule has 1 aliphatic carbocycles. The number of nitrogens with zero attached hydrogens (tertiary/aromatic N) is 3. The molecule has 1 aliphatic heterocycles. The predicted octanol–water partition coefficient (Wildman–Crippen LogP) is 3.69. The van der Waals surface area contributed by atoms with Crippen LogP contribution in [0.1, 0.15) is 78.3 Å². The van der Waals surface area contributed by atoms with E-state index in [9.17, 15) is 9.59 Å². The van der Waals surface area contributed by atoms with Gasteiger partial charge in [-0.05, 0) is 53.5 Å². The van der Waals surface area contributed by atoms with Gasteiger partial charge in [0.15, 0.2) is 0 Å². The van der Waals surface area contributed by atoms with Gasteiger partial charge in [-0.2, -0.15) is 0 Å². The summed E-state index contributed by atoms with van der Waals surface area (Å²) in [7, 11) is 5.46. The van der Waals surface area contributed by atoms with Crippen molar-refractivity contribution >= 4 is 17.7 Å². The number of nitrogens with two attached hydrogens (primary N) is 1. The van der Waals surface area contributed by atoms with E-state index in [1.165, 1.54) is 0 Å². The lowest BCUT2D eigenvalue weighted by Gasteiger charge is -2.38. The molecule has 4 atom stereocenters. The van der Waals surface area contributed by atoms with Gasteiger partial charge in [0, 0.05) is 50.8 Å². The van der Waals surface area contributed by atoms with E-state index in [2.05, 4.69) is 4.98 Å². The van der Waals surface area contributed by atoms with Crippen molar-refractivity contribution in [2.24, 2.45) is 17.6 Å². The minimum Gasteiger partial charge on any atom is -0.458 e. The van der Waals surface area contributed by atoms with Gasteiger partial charge in [0.05, 0.1) is 11.6 Å². The largest absolute Gasteiger partial charge is 0.458 e. The minimum atomic E-state index is -0.867. The molecule has 1 aromatic rings. The fourth-order valence-electron chi connectivity index (χ4n) is 5.75. The van der Waals surface area contributed by atoms with Crippen LogP contribution in [0.2, 0.25) is 0 Å². The second kappa shape index (κ2) is 10.4. The van der Waals surface area contributed by atoms with E-state index in [1.54, 1.807) is 18.2 Å². The van der Waals surface area contributed by atoms with Crippen LogP contribution in [0.4, 0.5) is 5.82 Å². The molecule has 2 aliphatic rings. The number of hydrogen-bond acceptors (Lipinski definition) is 7. The molecular formula is C27H44N4O4. The van der Waals surface area contributed by atoms with Crippen LogP contribution in [0.5, 0.6) is 0 Å². The lowest BCUT2D eigenvalue weighted by molar-refractivity contribution is -0.170. The number of aromatic nitrogens is 1. The van der Waals surface area contributed by atoms with E-state index < -0.39 is 41.2 Å². The highest BCUT2D eigenvalue weighted by atomic mass is 16.6. The Morgan fingerprint density at radius 3 is 2.29 bits per heavy atom. The molecule has 3 rings (SSSR count). The third-order valence-corrected chi connectivity index (χ3v) is 7.46. The predicted molar refractivity (Wildman–Crippen MR) is 137 cm³/mol. The van der Waals surface area contributed by atoms with E-state index >= 15 is 0 Å². The molecule has 196 valence electrons. The Kier molecular flexibility index (Phi) is 8.16. The van der Waals surface area contributed by atoms with Gasteiger partial charge in [0.1, 0.15) is 17.5 Å². The molecule has 1 saturated heterocycles. The number of rotatable bonds is 6. The normalized spacial score (nSPS) is 26.0. The Hall–Kier alpha value is -2.19. The third kappa shape index (κ3) is 5.64. The molecule has 35 heavy (non-hydrogen) atoms. The molecule has 1 aromatic heterocycles. The highest BCUT2D eigenvalue weighted by Crippen LogP contribution is 2.48. The lowest BCUT2D eigenvalue weighted by Crippen LogP contribution is -2.54. The molecule has 2 heterocycles. The molecule has 8 heteroatoms. The van der Waals surface area contributed by atoms with Crippen LogP contribution in [0, 0.1) is 11.8 Å². The van der Waals surface area contributed by atoms with Crippen LogP contribution in [0.3, 0.4) is 0 Å². The topological polar surface area (TPSA) is 98.0 Å². The molecule has 0 spiro atoms. The number of carbonyl (C=O) groups is 2. The van der Waals surface area contributed by atoms with Crippen molar-refractivity contribution in [3.05, 3.63) is 23.9 Å². The average molecular weight is 489 g/mol. The number of carbonyl (C=O) groups excluding carboxylic acids is 2. The number of likely N-dealkylation sites (tertiary alicyclic amines) is 1. The minimum absolute atomic E-state index is 0.0241. The van der Waals surface area contributed by atoms with Gasteiger partial charge in [-0.25, -0.2) is 9.78 Å². The molecule has 2 fully saturated rings. The maximum atomic E-state index is 14.2. The van der Waals surface area contributed by atoms with Crippen LogP contribution < -0.4 is 10.6 Å². The lowest BCUT2D eigenvalue weighted by atomic mass is 9.79. The summed E-state index contributed by atoms with van der Waals surface area (Å²) in [4.78, 5) is 36.3. The summed E-state index contributed by atoms with van der Waals surface area (Å²) < 4.78 is 11.8. The molecule has 0 aromatic carbocycles. The molecular weight excluding hydrogens is 444 g/mol. The monoisotopic (exact) mass is 488 g/mol. The molecule has 0 radical (unpaired) electrons. The van der Waals surface area contributed by atoms with E-state index in [1.807, 2.05) is 65.7 Å². The first kappa shape index (κ1) is 27.4. The zero-order chi connectivity index (χ0) is 26.1. The van der Waals surface area contributed by atoms with Crippen LogP contribution in [-0.2, 0) is 19.1 Å². The Balaban J connectivity index is 2.21. The number of anilines is 1. The molecule has 1 saturated carbocycles. The van der Waals surface area contributed by atoms with E-state index in [0.29, 0.717) is 0 Å². The van der Waals surface area contributed by atoms with Gasteiger partial charge in [0.25, 0.3) is 0 Å². The molecule has 8 nitrogen and oxygen atoms in total. The summed E-state index contributed by atoms with van der Waals surface area (Å²) in [5, 5.41) is 0. The third-order valence-electron chi connectivity index (χ3n) is 7.46. The number of methoxy groups -OCH3 is 1. The maximum absolute atomic E-state index is 14.2. The summed E-state index contributed by atoms with van der Waals surface area (Å²) >= 11 is 0. The quantitative estimate of drug-likeness (QED) is 0.610.